The number of aromatic nitrogens is 3. The zero-order valence-electron chi connectivity index (χ0n) is 23.1. The standard InChI is InChI=1S/C31H23ClN6O4S2/c1-42-23-11-7-20(8-12-23)25-17-27(21-5-3-2-4-6-21)35-31(26(25)18-33)43-19-30(39)34-22-9-13-24(14-10-22)44(40,41)38-29-16-15-28(32)36-37-29/h2-17H,19H2,1H3,(H,34,39)(H,37,38). The third-order valence-corrected chi connectivity index (χ3v) is 8.78. The van der Waals surface area contributed by atoms with Gasteiger partial charge in [0.2, 0.25) is 5.91 Å². The van der Waals surface area contributed by atoms with E-state index < -0.39 is 10.0 Å². The second kappa shape index (κ2) is 13.6. The van der Waals surface area contributed by atoms with Crippen molar-refractivity contribution in [2.45, 2.75) is 9.92 Å². The molecule has 5 aromatic rings. The molecule has 0 aliphatic rings. The number of nitrogens with zero attached hydrogens (tertiary/aromatic N) is 4. The Kier molecular flexibility index (Phi) is 9.40. The highest BCUT2D eigenvalue weighted by Gasteiger charge is 2.18. The smallest absolute Gasteiger partial charge is 0.263 e. The van der Waals surface area contributed by atoms with Gasteiger partial charge in [-0.3, -0.25) is 9.52 Å². The minimum absolute atomic E-state index is 0.0145. The van der Waals surface area contributed by atoms with Gasteiger partial charge in [0.1, 0.15) is 16.8 Å². The molecule has 0 atom stereocenters. The van der Waals surface area contributed by atoms with Gasteiger partial charge >= 0.3 is 0 Å². The Balaban J connectivity index is 1.33. The third-order valence-electron chi connectivity index (χ3n) is 6.23. The first-order valence-electron chi connectivity index (χ1n) is 13.0. The van der Waals surface area contributed by atoms with E-state index in [0.29, 0.717) is 33.3 Å². The Hall–Kier alpha value is -4.96. The van der Waals surface area contributed by atoms with Crippen LogP contribution in [0.25, 0.3) is 22.4 Å². The molecular weight excluding hydrogens is 620 g/mol. The van der Waals surface area contributed by atoms with Gasteiger partial charge in [0.25, 0.3) is 10.0 Å². The molecule has 0 saturated carbocycles. The molecule has 0 saturated heterocycles. The number of halogens is 1. The average molecular weight is 643 g/mol. The molecule has 0 spiro atoms. The Morgan fingerprint density at radius 1 is 0.955 bits per heavy atom. The van der Waals surface area contributed by atoms with Crippen molar-refractivity contribution < 1.29 is 17.9 Å². The molecule has 0 aliphatic heterocycles. The first-order valence-corrected chi connectivity index (χ1v) is 15.8. The van der Waals surface area contributed by atoms with E-state index in [-0.39, 0.29) is 27.5 Å². The number of benzene rings is 3. The number of ether oxygens (including phenoxy) is 1. The maximum atomic E-state index is 12.9. The highest BCUT2D eigenvalue weighted by atomic mass is 35.5. The summed E-state index contributed by atoms with van der Waals surface area (Å²) in [4.78, 5) is 17.6. The van der Waals surface area contributed by atoms with E-state index in [0.717, 1.165) is 22.9 Å². The average Bonchev–Trinajstić information content (AvgIpc) is 3.05. The van der Waals surface area contributed by atoms with E-state index in [4.69, 9.17) is 21.3 Å². The summed E-state index contributed by atoms with van der Waals surface area (Å²) in [6.45, 7) is 0. The van der Waals surface area contributed by atoms with E-state index >= 15 is 0 Å². The molecule has 2 N–H and O–H groups in total. The number of rotatable bonds is 10. The highest BCUT2D eigenvalue weighted by Crippen LogP contribution is 2.35. The van der Waals surface area contributed by atoms with Crippen LogP contribution in [0.1, 0.15) is 5.56 Å². The number of sulfonamides is 1. The van der Waals surface area contributed by atoms with E-state index in [1.165, 1.54) is 36.4 Å². The van der Waals surface area contributed by atoms with E-state index in [1.54, 1.807) is 7.11 Å². The van der Waals surface area contributed by atoms with Crippen LogP contribution in [0.2, 0.25) is 5.15 Å². The number of hydrogen-bond donors (Lipinski definition) is 2. The van der Waals surface area contributed by atoms with E-state index in [1.807, 2.05) is 60.7 Å². The number of hydrogen-bond acceptors (Lipinski definition) is 9. The molecule has 1 amide bonds. The topological polar surface area (TPSA) is 147 Å². The van der Waals surface area contributed by atoms with Crippen molar-refractivity contribution in [3.63, 3.8) is 0 Å². The van der Waals surface area contributed by atoms with Gasteiger partial charge in [-0.15, -0.1) is 10.2 Å². The van der Waals surface area contributed by atoms with Crippen LogP contribution in [0, 0.1) is 11.3 Å². The third kappa shape index (κ3) is 7.33. The molecule has 0 radical (unpaired) electrons. The zero-order valence-corrected chi connectivity index (χ0v) is 25.4. The number of amides is 1. The van der Waals surface area contributed by atoms with Crippen LogP contribution in [0.5, 0.6) is 5.75 Å². The molecule has 5 rings (SSSR count). The second-order valence-electron chi connectivity index (χ2n) is 9.15. The van der Waals surface area contributed by atoms with Crippen molar-refractivity contribution in [3.05, 3.63) is 108 Å². The monoisotopic (exact) mass is 642 g/mol. The largest absolute Gasteiger partial charge is 0.497 e. The molecule has 220 valence electrons. The number of thioether (sulfide) groups is 1. The Bertz CT molecular complexity index is 1930. The maximum Gasteiger partial charge on any atom is 0.263 e. The van der Waals surface area contributed by atoms with Crippen LogP contribution in [0.15, 0.2) is 107 Å². The normalized spacial score (nSPS) is 10.9. The van der Waals surface area contributed by atoms with Gasteiger partial charge in [0, 0.05) is 16.8 Å². The summed E-state index contributed by atoms with van der Waals surface area (Å²) in [7, 11) is -2.36. The van der Waals surface area contributed by atoms with E-state index in [9.17, 15) is 18.5 Å². The van der Waals surface area contributed by atoms with Gasteiger partial charge in [0.15, 0.2) is 11.0 Å². The lowest BCUT2D eigenvalue weighted by Gasteiger charge is -2.13. The SMILES string of the molecule is COc1ccc(-c2cc(-c3ccccc3)nc(SCC(=O)Nc3ccc(S(=O)(=O)Nc4ccc(Cl)nn4)cc3)c2C#N)cc1. The minimum atomic E-state index is -3.94. The summed E-state index contributed by atoms with van der Waals surface area (Å²) in [6, 6.07) is 29.5. The molecule has 44 heavy (non-hydrogen) atoms. The number of nitrogens with one attached hydrogen (secondary N) is 2. The lowest BCUT2D eigenvalue weighted by atomic mass is 9.99. The fourth-order valence-electron chi connectivity index (χ4n) is 4.10. The van der Waals surface area contributed by atoms with Crippen LogP contribution in [-0.4, -0.2) is 42.4 Å². The molecule has 0 bridgehead atoms. The molecular formula is C31H23ClN6O4S2. The Morgan fingerprint density at radius 2 is 1.68 bits per heavy atom. The molecule has 2 aromatic heterocycles. The van der Waals surface area contributed by atoms with E-state index in [2.05, 4.69) is 26.3 Å². The number of methoxy groups -OCH3 is 1. The number of anilines is 2. The quantitative estimate of drug-likeness (QED) is 0.168. The van der Waals surface area contributed by atoms with Gasteiger partial charge < -0.3 is 10.1 Å². The first-order chi connectivity index (χ1) is 21.3. The number of carbonyl (C=O) groups excluding carboxylic acids is 1. The van der Waals surface area contributed by atoms with Crippen molar-refractivity contribution in [1.82, 2.24) is 15.2 Å². The van der Waals surface area contributed by atoms with Crippen LogP contribution in [0.4, 0.5) is 11.5 Å². The molecule has 3 aromatic carbocycles. The van der Waals surface area contributed by atoms with Crippen molar-refractivity contribution in [3.8, 4) is 34.2 Å². The number of nitriles is 1. The van der Waals surface area contributed by atoms with Crippen LogP contribution in [0.3, 0.4) is 0 Å². The molecule has 0 unspecified atom stereocenters. The predicted octanol–water partition coefficient (Wildman–Crippen LogP) is 6.27. The van der Waals surface area contributed by atoms with Gasteiger partial charge in [-0.2, -0.15) is 5.26 Å². The van der Waals surface area contributed by atoms with Gasteiger partial charge in [-0.05, 0) is 60.2 Å². The Morgan fingerprint density at radius 3 is 2.32 bits per heavy atom. The summed E-state index contributed by atoms with van der Waals surface area (Å²) in [5.41, 5.74) is 3.76. The van der Waals surface area contributed by atoms with Crippen molar-refractivity contribution >= 4 is 50.8 Å². The molecule has 10 nitrogen and oxygen atoms in total. The Labute approximate surface area is 263 Å². The summed E-state index contributed by atoms with van der Waals surface area (Å²) >= 11 is 6.83. The van der Waals surface area contributed by atoms with Crippen molar-refractivity contribution in [1.29, 1.82) is 5.26 Å². The lowest BCUT2D eigenvalue weighted by Crippen LogP contribution is -2.16. The van der Waals surface area contributed by atoms with Gasteiger partial charge in [-0.25, -0.2) is 13.4 Å². The lowest BCUT2D eigenvalue weighted by molar-refractivity contribution is -0.113. The minimum Gasteiger partial charge on any atom is -0.497 e. The summed E-state index contributed by atoms with van der Waals surface area (Å²) < 4.78 is 33.0. The summed E-state index contributed by atoms with van der Waals surface area (Å²) in [5, 5.41) is 20.7. The van der Waals surface area contributed by atoms with Crippen molar-refractivity contribution in [2.24, 2.45) is 0 Å². The predicted molar refractivity (Wildman–Crippen MR) is 170 cm³/mol. The van der Waals surface area contributed by atoms with Crippen LogP contribution in [-0.2, 0) is 14.8 Å². The number of carbonyl (C=O) groups is 1. The summed E-state index contributed by atoms with van der Waals surface area (Å²) in [6.07, 6.45) is 0. The highest BCUT2D eigenvalue weighted by molar-refractivity contribution is 8.00. The zero-order chi connectivity index (χ0) is 31.1. The fraction of sp³-hybridized carbons (Fsp3) is 0.0645. The van der Waals surface area contributed by atoms with Gasteiger partial charge in [-0.1, -0.05) is 65.8 Å². The number of pyridine rings is 1. The molecule has 0 aliphatic carbocycles. The van der Waals surface area contributed by atoms with Crippen LogP contribution < -0.4 is 14.8 Å². The van der Waals surface area contributed by atoms with Crippen molar-refractivity contribution in [2.75, 3.05) is 22.9 Å². The fourth-order valence-corrected chi connectivity index (χ4v) is 6.00. The second-order valence-corrected chi connectivity index (χ2v) is 12.2. The first kappa shape index (κ1) is 30.5. The van der Waals surface area contributed by atoms with Crippen LogP contribution >= 0.6 is 23.4 Å². The molecule has 13 heteroatoms. The molecule has 0 fully saturated rings. The maximum absolute atomic E-state index is 12.9. The molecule has 2 heterocycles. The summed E-state index contributed by atoms with van der Waals surface area (Å²) in [5.74, 6) is 0.301. The van der Waals surface area contributed by atoms with Gasteiger partial charge in [0.05, 0.1) is 29.0 Å².